The maximum absolute atomic E-state index is 12.8. The Morgan fingerprint density at radius 3 is 2.70 bits per heavy atom. The normalized spacial score (nSPS) is 16.0. The fraction of sp³-hybridized carbons (Fsp3) is 0.318. The Hall–Kier alpha value is -3.13. The van der Waals surface area contributed by atoms with E-state index in [-0.39, 0.29) is 17.7 Å². The summed E-state index contributed by atoms with van der Waals surface area (Å²) in [6.07, 6.45) is 5.09. The standard InChI is InChI=1S/C22H21N3O2/c23-14-15-4-3-7-18(12-15)21(26)24-19-9-8-16-10-11-25(20(16)13-19)22(27)17-5-1-2-6-17/h3-4,7-9,12-13,17H,1-2,5-6,10-11H2,(H,24,26). The lowest BCUT2D eigenvalue weighted by Gasteiger charge is -2.21. The second-order valence-electron chi connectivity index (χ2n) is 7.21. The van der Waals surface area contributed by atoms with Crippen LogP contribution >= 0.6 is 0 Å². The number of benzene rings is 2. The SMILES string of the molecule is N#Cc1cccc(C(=O)Nc2ccc3c(c2)N(C(=O)C2CCCC2)CC3)c1. The third-order valence-electron chi connectivity index (χ3n) is 5.46. The second-order valence-corrected chi connectivity index (χ2v) is 7.21. The first-order valence-electron chi connectivity index (χ1n) is 9.41. The lowest BCUT2D eigenvalue weighted by molar-refractivity contribution is -0.122. The van der Waals surface area contributed by atoms with Crippen LogP contribution in [0.3, 0.4) is 0 Å². The van der Waals surface area contributed by atoms with Crippen molar-refractivity contribution in [3.8, 4) is 6.07 Å². The fourth-order valence-electron chi connectivity index (χ4n) is 4.01. The zero-order valence-electron chi connectivity index (χ0n) is 15.1. The molecule has 0 bridgehead atoms. The zero-order valence-corrected chi connectivity index (χ0v) is 15.1. The molecule has 1 heterocycles. The van der Waals surface area contributed by atoms with Gasteiger partial charge < -0.3 is 10.2 Å². The van der Waals surface area contributed by atoms with Crippen LogP contribution in [0.5, 0.6) is 0 Å². The minimum Gasteiger partial charge on any atom is -0.322 e. The van der Waals surface area contributed by atoms with Gasteiger partial charge >= 0.3 is 0 Å². The van der Waals surface area contributed by atoms with Gasteiger partial charge in [0.25, 0.3) is 5.91 Å². The van der Waals surface area contributed by atoms with Gasteiger partial charge in [-0.2, -0.15) is 5.26 Å². The van der Waals surface area contributed by atoms with E-state index in [9.17, 15) is 9.59 Å². The highest BCUT2D eigenvalue weighted by Gasteiger charge is 2.32. The summed E-state index contributed by atoms with van der Waals surface area (Å²) in [6, 6.07) is 14.4. The molecule has 0 radical (unpaired) electrons. The molecule has 0 saturated heterocycles. The van der Waals surface area contributed by atoms with E-state index in [2.05, 4.69) is 5.32 Å². The van der Waals surface area contributed by atoms with Crippen LogP contribution in [0.1, 0.15) is 47.2 Å². The van der Waals surface area contributed by atoms with Crippen molar-refractivity contribution in [1.29, 1.82) is 5.26 Å². The monoisotopic (exact) mass is 359 g/mol. The number of nitriles is 1. The lowest BCUT2D eigenvalue weighted by Crippen LogP contribution is -2.33. The average Bonchev–Trinajstić information content (AvgIpc) is 3.37. The highest BCUT2D eigenvalue weighted by Crippen LogP contribution is 2.35. The van der Waals surface area contributed by atoms with Gasteiger partial charge in [-0.15, -0.1) is 0 Å². The third-order valence-corrected chi connectivity index (χ3v) is 5.46. The van der Waals surface area contributed by atoms with E-state index < -0.39 is 0 Å². The number of nitrogens with one attached hydrogen (secondary N) is 1. The number of anilines is 2. The first kappa shape index (κ1) is 17.3. The largest absolute Gasteiger partial charge is 0.322 e. The van der Waals surface area contributed by atoms with E-state index in [4.69, 9.17) is 5.26 Å². The van der Waals surface area contributed by atoms with Crippen LogP contribution in [0.4, 0.5) is 11.4 Å². The lowest BCUT2D eigenvalue weighted by atomic mass is 10.1. The van der Waals surface area contributed by atoms with Crippen molar-refractivity contribution < 1.29 is 9.59 Å². The van der Waals surface area contributed by atoms with Crippen molar-refractivity contribution in [3.05, 3.63) is 59.2 Å². The number of hydrogen-bond acceptors (Lipinski definition) is 3. The van der Waals surface area contributed by atoms with E-state index in [0.29, 0.717) is 23.4 Å². The van der Waals surface area contributed by atoms with Gasteiger partial charge in [-0.1, -0.05) is 25.0 Å². The molecule has 5 heteroatoms. The van der Waals surface area contributed by atoms with Crippen LogP contribution < -0.4 is 10.2 Å². The Bertz CT molecular complexity index is 939. The molecule has 0 atom stereocenters. The minimum atomic E-state index is -0.265. The molecule has 27 heavy (non-hydrogen) atoms. The summed E-state index contributed by atoms with van der Waals surface area (Å²) in [5.74, 6) is 0.0954. The zero-order chi connectivity index (χ0) is 18.8. The van der Waals surface area contributed by atoms with Gasteiger partial charge in [0, 0.05) is 29.4 Å². The molecule has 0 aromatic heterocycles. The van der Waals surface area contributed by atoms with Crippen molar-refractivity contribution in [2.45, 2.75) is 32.1 Å². The molecule has 5 nitrogen and oxygen atoms in total. The number of amides is 2. The molecule has 1 saturated carbocycles. The predicted molar refractivity (Wildman–Crippen MR) is 104 cm³/mol. The highest BCUT2D eigenvalue weighted by atomic mass is 16.2. The van der Waals surface area contributed by atoms with Crippen molar-refractivity contribution in [2.24, 2.45) is 5.92 Å². The Labute approximate surface area is 158 Å². The van der Waals surface area contributed by atoms with Crippen LogP contribution in [0, 0.1) is 17.2 Å². The predicted octanol–water partition coefficient (Wildman–Crippen LogP) is 3.89. The van der Waals surface area contributed by atoms with Gasteiger partial charge in [0.05, 0.1) is 11.6 Å². The van der Waals surface area contributed by atoms with Gasteiger partial charge in [-0.3, -0.25) is 9.59 Å². The highest BCUT2D eigenvalue weighted by molar-refractivity contribution is 6.05. The quantitative estimate of drug-likeness (QED) is 0.903. The fourth-order valence-corrected chi connectivity index (χ4v) is 4.01. The summed E-state index contributed by atoms with van der Waals surface area (Å²) >= 11 is 0. The second kappa shape index (κ2) is 7.24. The molecule has 1 fully saturated rings. The number of rotatable bonds is 3. The Morgan fingerprint density at radius 2 is 1.93 bits per heavy atom. The van der Waals surface area contributed by atoms with E-state index in [1.54, 1.807) is 24.3 Å². The molecular formula is C22H21N3O2. The Morgan fingerprint density at radius 1 is 1.11 bits per heavy atom. The van der Waals surface area contributed by atoms with E-state index in [1.165, 1.54) is 0 Å². The summed E-state index contributed by atoms with van der Waals surface area (Å²) in [7, 11) is 0. The molecule has 2 aliphatic rings. The van der Waals surface area contributed by atoms with Gasteiger partial charge in [0.2, 0.25) is 5.91 Å². The first-order valence-corrected chi connectivity index (χ1v) is 9.41. The molecular weight excluding hydrogens is 338 g/mol. The number of fused-ring (bicyclic) bond motifs is 1. The van der Waals surface area contributed by atoms with E-state index in [1.807, 2.05) is 29.2 Å². The summed E-state index contributed by atoms with van der Waals surface area (Å²) in [5, 5.41) is 11.9. The van der Waals surface area contributed by atoms with Crippen molar-refractivity contribution in [1.82, 2.24) is 0 Å². The molecule has 1 aliphatic carbocycles. The van der Waals surface area contributed by atoms with E-state index >= 15 is 0 Å². The van der Waals surface area contributed by atoms with Crippen LogP contribution in [0.25, 0.3) is 0 Å². The first-order chi connectivity index (χ1) is 13.2. The molecule has 4 rings (SSSR count). The molecule has 2 aromatic carbocycles. The maximum atomic E-state index is 12.8. The third kappa shape index (κ3) is 3.43. The molecule has 0 unspecified atom stereocenters. The average molecular weight is 359 g/mol. The van der Waals surface area contributed by atoms with Gasteiger partial charge in [0.15, 0.2) is 0 Å². The number of carbonyl (C=O) groups excluding carboxylic acids is 2. The number of carbonyl (C=O) groups is 2. The summed E-state index contributed by atoms with van der Waals surface area (Å²) in [4.78, 5) is 27.2. The topological polar surface area (TPSA) is 73.2 Å². The van der Waals surface area contributed by atoms with Crippen molar-refractivity contribution >= 4 is 23.2 Å². The Balaban J connectivity index is 1.54. The van der Waals surface area contributed by atoms with Crippen molar-refractivity contribution in [2.75, 3.05) is 16.8 Å². The molecule has 1 aliphatic heterocycles. The summed E-state index contributed by atoms with van der Waals surface area (Å²) < 4.78 is 0. The smallest absolute Gasteiger partial charge is 0.255 e. The Kier molecular flexibility index (Phi) is 4.64. The minimum absolute atomic E-state index is 0.142. The molecule has 0 spiro atoms. The number of hydrogen-bond donors (Lipinski definition) is 1. The maximum Gasteiger partial charge on any atom is 0.255 e. The van der Waals surface area contributed by atoms with E-state index in [0.717, 1.165) is 43.4 Å². The summed E-state index contributed by atoms with van der Waals surface area (Å²) in [5.41, 5.74) is 3.60. The van der Waals surface area contributed by atoms with Crippen LogP contribution in [-0.4, -0.2) is 18.4 Å². The van der Waals surface area contributed by atoms with Crippen LogP contribution in [0.2, 0.25) is 0 Å². The van der Waals surface area contributed by atoms with Gasteiger partial charge in [0.1, 0.15) is 0 Å². The van der Waals surface area contributed by atoms with Gasteiger partial charge in [-0.25, -0.2) is 0 Å². The van der Waals surface area contributed by atoms with Gasteiger partial charge in [-0.05, 0) is 55.2 Å². The molecule has 2 aromatic rings. The number of nitrogens with zero attached hydrogens (tertiary/aromatic N) is 2. The summed E-state index contributed by atoms with van der Waals surface area (Å²) in [6.45, 7) is 0.715. The van der Waals surface area contributed by atoms with Crippen molar-refractivity contribution in [3.63, 3.8) is 0 Å². The molecule has 136 valence electrons. The molecule has 2 amide bonds. The van der Waals surface area contributed by atoms with Crippen LogP contribution in [0.15, 0.2) is 42.5 Å². The molecule has 1 N–H and O–H groups in total. The van der Waals surface area contributed by atoms with Crippen LogP contribution in [-0.2, 0) is 11.2 Å².